The molecule has 20 heavy (non-hydrogen) atoms. The lowest BCUT2D eigenvalue weighted by molar-refractivity contribution is -0.139. The monoisotopic (exact) mass is 282 g/mol. The maximum atomic E-state index is 13.3. The van der Waals surface area contributed by atoms with Gasteiger partial charge in [0.1, 0.15) is 5.82 Å². The second-order valence-corrected chi connectivity index (χ2v) is 4.74. The van der Waals surface area contributed by atoms with Gasteiger partial charge in [0.15, 0.2) is 0 Å². The summed E-state index contributed by atoms with van der Waals surface area (Å²) < 4.78 is 13.3. The van der Waals surface area contributed by atoms with Gasteiger partial charge in [0.25, 0.3) is 0 Å². The van der Waals surface area contributed by atoms with E-state index in [1.165, 1.54) is 12.1 Å². The van der Waals surface area contributed by atoms with Gasteiger partial charge in [0.05, 0.1) is 12.2 Å². The highest BCUT2D eigenvalue weighted by atomic mass is 19.1. The summed E-state index contributed by atoms with van der Waals surface area (Å²) in [6.45, 7) is 3.91. The van der Waals surface area contributed by atoms with Crippen LogP contribution in [0.1, 0.15) is 20.3 Å². The number of carboxylic acid groups (broad SMARTS) is 1. The number of anilines is 1. The number of hydrogen-bond donors (Lipinski definition) is 2. The first kappa shape index (κ1) is 16.1. The molecule has 1 aromatic rings. The van der Waals surface area contributed by atoms with E-state index in [0.29, 0.717) is 6.54 Å². The average molecular weight is 282 g/mol. The molecule has 0 bridgehead atoms. The molecule has 1 rings (SSSR count). The van der Waals surface area contributed by atoms with Gasteiger partial charge in [0, 0.05) is 19.0 Å². The number of aliphatic carboxylic acids is 1. The number of halogens is 1. The molecule has 0 aliphatic carbocycles. The summed E-state index contributed by atoms with van der Waals surface area (Å²) in [5, 5.41) is 11.2. The molecule has 0 saturated carbocycles. The molecule has 0 heterocycles. The third-order valence-corrected chi connectivity index (χ3v) is 2.84. The highest BCUT2D eigenvalue weighted by Gasteiger charge is 2.15. The number of carboxylic acids is 1. The number of rotatable bonds is 7. The Morgan fingerprint density at radius 1 is 1.35 bits per heavy atom. The third-order valence-electron chi connectivity index (χ3n) is 2.84. The first-order valence-corrected chi connectivity index (χ1v) is 6.40. The zero-order chi connectivity index (χ0) is 15.1. The Labute approximate surface area is 117 Å². The van der Waals surface area contributed by atoms with Gasteiger partial charge < -0.3 is 10.4 Å². The fraction of sp³-hybridized carbons (Fsp3) is 0.429. The molecule has 0 radical (unpaired) electrons. The number of carbonyl (C=O) groups is 2. The molecule has 0 saturated heterocycles. The van der Waals surface area contributed by atoms with Crippen molar-refractivity contribution in [1.29, 1.82) is 0 Å². The van der Waals surface area contributed by atoms with E-state index in [0.717, 1.165) is 0 Å². The van der Waals surface area contributed by atoms with Gasteiger partial charge in [0.2, 0.25) is 5.91 Å². The van der Waals surface area contributed by atoms with Gasteiger partial charge in [-0.1, -0.05) is 12.1 Å². The molecule has 0 atom stereocenters. The van der Waals surface area contributed by atoms with Crippen molar-refractivity contribution in [2.45, 2.75) is 26.3 Å². The Kier molecular flexibility index (Phi) is 6.11. The van der Waals surface area contributed by atoms with Crippen LogP contribution < -0.4 is 5.32 Å². The third kappa shape index (κ3) is 5.36. The van der Waals surface area contributed by atoms with Crippen LogP contribution in [0.5, 0.6) is 0 Å². The van der Waals surface area contributed by atoms with Crippen LogP contribution in [0.4, 0.5) is 10.1 Å². The molecule has 1 aromatic carbocycles. The number of carbonyl (C=O) groups excluding carboxylic acids is 1. The lowest BCUT2D eigenvalue weighted by Gasteiger charge is -2.24. The van der Waals surface area contributed by atoms with Gasteiger partial charge in [-0.2, -0.15) is 0 Å². The molecule has 0 aliphatic heterocycles. The summed E-state index contributed by atoms with van der Waals surface area (Å²) in [5.41, 5.74) is 0.131. The lowest BCUT2D eigenvalue weighted by atomic mass is 10.2. The molecule has 1 amide bonds. The Morgan fingerprint density at radius 2 is 2.00 bits per heavy atom. The second-order valence-electron chi connectivity index (χ2n) is 4.74. The Balaban J connectivity index is 2.50. The molecule has 0 unspecified atom stereocenters. The van der Waals surface area contributed by atoms with Gasteiger partial charge in [-0.05, 0) is 26.0 Å². The minimum atomic E-state index is -0.937. The van der Waals surface area contributed by atoms with Crippen molar-refractivity contribution >= 4 is 17.6 Å². The summed E-state index contributed by atoms with van der Waals surface area (Å²) in [7, 11) is 0. The lowest BCUT2D eigenvalue weighted by Crippen LogP contribution is -2.37. The van der Waals surface area contributed by atoms with Gasteiger partial charge in [-0.25, -0.2) is 4.39 Å². The van der Waals surface area contributed by atoms with E-state index >= 15 is 0 Å². The van der Waals surface area contributed by atoms with E-state index in [2.05, 4.69) is 5.32 Å². The summed E-state index contributed by atoms with van der Waals surface area (Å²) in [5.74, 6) is -1.77. The fourth-order valence-corrected chi connectivity index (χ4v) is 1.71. The maximum absolute atomic E-state index is 13.3. The van der Waals surface area contributed by atoms with Crippen molar-refractivity contribution in [3.63, 3.8) is 0 Å². The zero-order valence-corrected chi connectivity index (χ0v) is 11.6. The molecule has 2 N–H and O–H groups in total. The fourth-order valence-electron chi connectivity index (χ4n) is 1.71. The average Bonchev–Trinajstić information content (AvgIpc) is 2.36. The molecule has 0 fully saturated rings. The van der Waals surface area contributed by atoms with E-state index in [9.17, 15) is 14.0 Å². The zero-order valence-electron chi connectivity index (χ0n) is 11.6. The van der Waals surface area contributed by atoms with Crippen LogP contribution in [0.25, 0.3) is 0 Å². The van der Waals surface area contributed by atoms with E-state index in [-0.39, 0.29) is 30.6 Å². The van der Waals surface area contributed by atoms with Crippen molar-refractivity contribution in [1.82, 2.24) is 4.90 Å². The molecular weight excluding hydrogens is 263 g/mol. The molecule has 0 spiro atoms. The molecule has 5 nitrogen and oxygen atoms in total. The van der Waals surface area contributed by atoms with Gasteiger partial charge >= 0.3 is 5.97 Å². The van der Waals surface area contributed by atoms with Crippen molar-refractivity contribution < 1.29 is 19.1 Å². The van der Waals surface area contributed by atoms with Crippen LogP contribution in [-0.2, 0) is 9.59 Å². The Morgan fingerprint density at radius 3 is 2.55 bits per heavy atom. The highest BCUT2D eigenvalue weighted by molar-refractivity contribution is 5.90. The first-order valence-electron chi connectivity index (χ1n) is 6.40. The Hall–Kier alpha value is -1.95. The predicted molar refractivity (Wildman–Crippen MR) is 74.0 cm³/mol. The van der Waals surface area contributed by atoms with E-state index in [1.54, 1.807) is 17.0 Å². The number of benzene rings is 1. The van der Waals surface area contributed by atoms with Crippen LogP contribution in [0, 0.1) is 5.82 Å². The minimum Gasteiger partial charge on any atom is -0.480 e. The van der Waals surface area contributed by atoms with Crippen molar-refractivity contribution in [2.24, 2.45) is 0 Å². The van der Waals surface area contributed by atoms with Crippen molar-refractivity contribution in [3.8, 4) is 0 Å². The summed E-state index contributed by atoms with van der Waals surface area (Å²) in [4.78, 5) is 24.1. The Bertz CT molecular complexity index is 477. The van der Waals surface area contributed by atoms with E-state index in [1.807, 2.05) is 13.8 Å². The second kappa shape index (κ2) is 7.59. The van der Waals surface area contributed by atoms with Crippen LogP contribution >= 0.6 is 0 Å². The van der Waals surface area contributed by atoms with Gasteiger partial charge in [-0.3, -0.25) is 14.5 Å². The number of hydrogen-bond acceptors (Lipinski definition) is 3. The molecule has 110 valence electrons. The largest absolute Gasteiger partial charge is 0.480 e. The standard InChI is InChI=1S/C14H19FN2O3/c1-10(2)17(9-14(19)20)8-7-13(18)16-12-6-4-3-5-11(12)15/h3-6,10H,7-9H2,1-2H3,(H,16,18)(H,19,20). The molecule has 6 heteroatoms. The normalized spacial score (nSPS) is 10.8. The minimum absolute atomic E-state index is 0.0207. The van der Waals surface area contributed by atoms with E-state index in [4.69, 9.17) is 5.11 Å². The van der Waals surface area contributed by atoms with Gasteiger partial charge in [-0.15, -0.1) is 0 Å². The summed E-state index contributed by atoms with van der Waals surface area (Å²) in [6.07, 6.45) is 0.111. The topological polar surface area (TPSA) is 69.6 Å². The van der Waals surface area contributed by atoms with Crippen LogP contribution in [-0.4, -0.2) is 41.0 Å². The number of amides is 1. The SMILES string of the molecule is CC(C)N(CCC(=O)Nc1ccccc1F)CC(=O)O. The predicted octanol–water partition coefficient (Wildman–Crippen LogP) is 1.95. The number of nitrogens with zero attached hydrogens (tertiary/aromatic N) is 1. The van der Waals surface area contributed by atoms with Crippen molar-refractivity contribution in [3.05, 3.63) is 30.1 Å². The highest BCUT2D eigenvalue weighted by Crippen LogP contribution is 2.12. The first-order chi connectivity index (χ1) is 9.40. The van der Waals surface area contributed by atoms with Crippen LogP contribution in [0.15, 0.2) is 24.3 Å². The maximum Gasteiger partial charge on any atom is 0.317 e. The number of para-hydroxylation sites is 1. The number of nitrogens with one attached hydrogen (secondary N) is 1. The van der Waals surface area contributed by atoms with Crippen molar-refractivity contribution in [2.75, 3.05) is 18.4 Å². The molecule has 0 aliphatic rings. The smallest absolute Gasteiger partial charge is 0.317 e. The van der Waals surface area contributed by atoms with E-state index < -0.39 is 11.8 Å². The quantitative estimate of drug-likeness (QED) is 0.802. The molecule has 0 aromatic heterocycles. The summed E-state index contributed by atoms with van der Waals surface area (Å²) in [6, 6.07) is 5.93. The molecular formula is C14H19FN2O3. The van der Waals surface area contributed by atoms with Crippen LogP contribution in [0.2, 0.25) is 0 Å². The van der Waals surface area contributed by atoms with Crippen LogP contribution in [0.3, 0.4) is 0 Å². The summed E-state index contributed by atoms with van der Waals surface area (Å²) >= 11 is 0.